The molecule has 0 spiro atoms. The summed E-state index contributed by atoms with van der Waals surface area (Å²) in [6.45, 7) is 0. The third-order valence-corrected chi connectivity index (χ3v) is 6.58. The lowest BCUT2D eigenvalue weighted by molar-refractivity contribution is -0.385. The average molecular weight is 449 g/mol. The van der Waals surface area contributed by atoms with Gasteiger partial charge in [-0.1, -0.05) is 32.1 Å². The SMILES string of the molecule is O=[N+]([O-])c1ccc(OP(=O)(NC2CCCCCCC2)Oc2ccc([N+](=O)[O-])cc2)cc1. The third-order valence-electron chi connectivity index (χ3n) is 4.99. The number of hydrogen-bond donors (Lipinski definition) is 1. The van der Waals surface area contributed by atoms with Gasteiger partial charge < -0.3 is 9.05 Å². The molecule has 166 valence electrons. The highest BCUT2D eigenvalue weighted by molar-refractivity contribution is 7.52. The number of nitro benzene ring substituents is 2. The van der Waals surface area contributed by atoms with E-state index in [0.717, 1.165) is 38.5 Å². The van der Waals surface area contributed by atoms with Crippen LogP contribution < -0.4 is 14.1 Å². The van der Waals surface area contributed by atoms with Crippen molar-refractivity contribution in [1.29, 1.82) is 0 Å². The minimum Gasteiger partial charge on any atom is -0.405 e. The van der Waals surface area contributed by atoms with E-state index in [4.69, 9.17) is 9.05 Å². The lowest BCUT2D eigenvalue weighted by atomic mass is 9.97. The highest BCUT2D eigenvalue weighted by Crippen LogP contribution is 2.46. The summed E-state index contributed by atoms with van der Waals surface area (Å²) >= 11 is 0. The lowest BCUT2D eigenvalue weighted by Crippen LogP contribution is -2.31. The van der Waals surface area contributed by atoms with Crippen LogP contribution in [0.5, 0.6) is 11.5 Å². The fourth-order valence-corrected chi connectivity index (χ4v) is 5.06. The molecular weight excluding hydrogens is 425 g/mol. The van der Waals surface area contributed by atoms with Gasteiger partial charge in [-0.2, -0.15) is 5.09 Å². The molecule has 0 unspecified atom stereocenters. The zero-order valence-corrected chi connectivity index (χ0v) is 17.7. The van der Waals surface area contributed by atoms with Crippen LogP contribution in [0.15, 0.2) is 48.5 Å². The third kappa shape index (κ3) is 6.77. The Morgan fingerprint density at radius 1 is 0.742 bits per heavy atom. The van der Waals surface area contributed by atoms with Gasteiger partial charge >= 0.3 is 7.75 Å². The summed E-state index contributed by atoms with van der Waals surface area (Å²) in [7, 11) is -3.93. The second kappa shape index (κ2) is 10.4. The Bertz CT molecular complexity index is 879. The zero-order valence-electron chi connectivity index (χ0n) is 16.8. The molecule has 31 heavy (non-hydrogen) atoms. The summed E-state index contributed by atoms with van der Waals surface area (Å²) in [6.07, 6.45) is 7.01. The van der Waals surface area contributed by atoms with E-state index in [9.17, 15) is 24.8 Å². The molecule has 0 bridgehead atoms. The van der Waals surface area contributed by atoms with Crippen molar-refractivity contribution in [3.05, 3.63) is 68.8 Å². The van der Waals surface area contributed by atoms with E-state index in [1.54, 1.807) is 0 Å². The Morgan fingerprint density at radius 3 is 1.52 bits per heavy atom. The normalized spacial score (nSPS) is 15.5. The van der Waals surface area contributed by atoms with Crippen molar-refractivity contribution in [3.63, 3.8) is 0 Å². The fraction of sp³-hybridized carbons (Fsp3) is 0.400. The summed E-state index contributed by atoms with van der Waals surface area (Å²) in [5, 5.41) is 24.7. The quantitative estimate of drug-likeness (QED) is 0.305. The van der Waals surface area contributed by atoms with Gasteiger partial charge in [0.05, 0.1) is 9.85 Å². The molecule has 0 aliphatic heterocycles. The van der Waals surface area contributed by atoms with Gasteiger partial charge in [0, 0.05) is 30.3 Å². The van der Waals surface area contributed by atoms with Gasteiger partial charge in [0.1, 0.15) is 11.5 Å². The maximum atomic E-state index is 13.6. The van der Waals surface area contributed by atoms with Gasteiger partial charge in [0.15, 0.2) is 0 Å². The first-order valence-corrected chi connectivity index (χ1v) is 11.6. The number of nitrogens with one attached hydrogen (secondary N) is 1. The molecule has 1 fully saturated rings. The average Bonchev–Trinajstić information content (AvgIpc) is 2.70. The number of rotatable bonds is 8. The van der Waals surface area contributed by atoms with Gasteiger partial charge in [0.2, 0.25) is 0 Å². The second-order valence-corrected chi connectivity index (χ2v) is 8.97. The number of nitrogens with zero attached hydrogens (tertiary/aromatic N) is 2. The van der Waals surface area contributed by atoms with E-state index >= 15 is 0 Å². The van der Waals surface area contributed by atoms with Gasteiger partial charge in [-0.05, 0) is 37.1 Å². The number of nitro groups is 2. The van der Waals surface area contributed by atoms with Crippen LogP contribution >= 0.6 is 7.75 Å². The molecule has 3 rings (SSSR count). The summed E-state index contributed by atoms with van der Waals surface area (Å²) in [6, 6.07) is 10.3. The van der Waals surface area contributed by atoms with Crippen molar-refractivity contribution in [2.45, 2.75) is 51.0 Å². The Morgan fingerprint density at radius 2 is 1.13 bits per heavy atom. The maximum Gasteiger partial charge on any atom is 0.513 e. The Balaban J connectivity index is 1.81. The summed E-state index contributed by atoms with van der Waals surface area (Å²) in [4.78, 5) is 20.6. The predicted molar refractivity (Wildman–Crippen MR) is 114 cm³/mol. The molecule has 0 amide bonds. The molecule has 0 radical (unpaired) electrons. The van der Waals surface area contributed by atoms with Crippen LogP contribution in [0.3, 0.4) is 0 Å². The second-order valence-electron chi connectivity index (χ2n) is 7.35. The van der Waals surface area contributed by atoms with Crippen molar-refractivity contribution in [1.82, 2.24) is 5.09 Å². The van der Waals surface area contributed by atoms with Crippen LogP contribution in [-0.2, 0) is 4.57 Å². The molecule has 0 heterocycles. The molecule has 1 saturated carbocycles. The van der Waals surface area contributed by atoms with Crippen molar-refractivity contribution in [3.8, 4) is 11.5 Å². The van der Waals surface area contributed by atoms with Gasteiger partial charge in [0.25, 0.3) is 11.4 Å². The first kappa shape index (κ1) is 22.7. The molecule has 0 saturated heterocycles. The van der Waals surface area contributed by atoms with E-state index in [0.29, 0.717) is 0 Å². The summed E-state index contributed by atoms with van der Waals surface area (Å²) < 4.78 is 25.0. The lowest BCUT2D eigenvalue weighted by Gasteiger charge is -2.26. The van der Waals surface area contributed by atoms with Crippen LogP contribution in [0.1, 0.15) is 44.9 Å². The van der Waals surface area contributed by atoms with Crippen LogP contribution in [0.25, 0.3) is 0 Å². The molecule has 0 atom stereocenters. The molecule has 11 heteroatoms. The first-order chi connectivity index (χ1) is 14.8. The molecule has 10 nitrogen and oxygen atoms in total. The monoisotopic (exact) mass is 449 g/mol. The molecule has 0 aromatic heterocycles. The van der Waals surface area contributed by atoms with E-state index in [2.05, 4.69) is 5.09 Å². The first-order valence-electron chi connectivity index (χ1n) is 10.1. The van der Waals surface area contributed by atoms with Crippen molar-refractivity contribution >= 4 is 19.1 Å². The van der Waals surface area contributed by atoms with Crippen LogP contribution in [0.2, 0.25) is 0 Å². The Labute approximate surface area is 179 Å². The topological polar surface area (TPSA) is 134 Å². The molecule has 2 aromatic rings. The van der Waals surface area contributed by atoms with E-state index in [-0.39, 0.29) is 28.9 Å². The van der Waals surface area contributed by atoms with Crippen LogP contribution in [0, 0.1) is 20.2 Å². The highest BCUT2D eigenvalue weighted by Gasteiger charge is 2.32. The molecular formula is C20H24N3O7P. The van der Waals surface area contributed by atoms with Crippen molar-refractivity contribution in [2.75, 3.05) is 0 Å². The molecule has 1 N–H and O–H groups in total. The molecule has 1 aliphatic rings. The number of hydrogen-bond acceptors (Lipinski definition) is 7. The summed E-state index contributed by atoms with van der Waals surface area (Å²) in [5.74, 6) is 0.295. The van der Waals surface area contributed by atoms with Crippen LogP contribution in [-0.4, -0.2) is 15.9 Å². The fourth-order valence-electron chi connectivity index (χ4n) is 3.42. The van der Waals surface area contributed by atoms with E-state index < -0.39 is 17.6 Å². The molecule has 2 aromatic carbocycles. The smallest absolute Gasteiger partial charge is 0.405 e. The number of benzene rings is 2. The maximum absolute atomic E-state index is 13.6. The van der Waals surface area contributed by atoms with Crippen LogP contribution in [0.4, 0.5) is 11.4 Å². The molecule has 1 aliphatic carbocycles. The minimum atomic E-state index is -3.93. The Hall–Kier alpha value is -2.97. The van der Waals surface area contributed by atoms with Gasteiger partial charge in [-0.15, -0.1) is 0 Å². The zero-order chi connectivity index (χ0) is 22.3. The van der Waals surface area contributed by atoms with Gasteiger partial charge in [-0.3, -0.25) is 20.2 Å². The standard InChI is InChI=1S/C20H24N3O7P/c24-22(25)17-8-12-19(13-9-17)29-31(28,21-16-6-4-2-1-3-5-7-16)30-20-14-10-18(11-15-20)23(26)27/h8-16H,1-7H2,(H,21,28). The Kier molecular flexibility index (Phi) is 7.59. The minimum absolute atomic E-state index is 0.0813. The highest BCUT2D eigenvalue weighted by atomic mass is 31.2. The summed E-state index contributed by atoms with van der Waals surface area (Å²) in [5.41, 5.74) is -0.238. The van der Waals surface area contributed by atoms with E-state index in [1.165, 1.54) is 55.0 Å². The number of non-ortho nitro benzene ring substituents is 2. The van der Waals surface area contributed by atoms with E-state index in [1.807, 2.05) is 0 Å². The van der Waals surface area contributed by atoms with Crippen molar-refractivity contribution in [2.24, 2.45) is 0 Å². The predicted octanol–water partition coefficient (Wildman–Crippen LogP) is 5.77. The van der Waals surface area contributed by atoms with Gasteiger partial charge in [-0.25, -0.2) is 4.57 Å². The van der Waals surface area contributed by atoms with Crippen molar-refractivity contribution < 1.29 is 23.5 Å². The largest absolute Gasteiger partial charge is 0.513 e.